The number of carbonyl (C=O) groups is 2. The van der Waals surface area contributed by atoms with Gasteiger partial charge < -0.3 is 20.1 Å². The van der Waals surface area contributed by atoms with Crippen molar-refractivity contribution < 1.29 is 19.4 Å². The van der Waals surface area contributed by atoms with Gasteiger partial charge in [-0.3, -0.25) is 0 Å². The Morgan fingerprint density at radius 3 is 2.78 bits per heavy atom. The maximum atomic E-state index is 11.9. The molecule has 0 saturated carbocycles. The van der Waals surface area contributed by atoms with E-state index in [-0.39, 0.29) is 12.1 Å². The van der Waals surface area contributed by atoms with Crippen LogP contribution in [0.15, 0.2) is 0 Å². The first kappa shape index (κ1) is 14.8. The number of carboxylic acid groups (broad SMARTS) is 1. The number of carbonyl (C=O) groups excluding carboxylic acids is 1. The lowest BCUT2D eigenvalue weighted by Gasteiger charge is -2.20. The lowest BCUT2D eigenvalue weighted by molar-refractivity contribution is -0.139. The van der Waals surface area contributed by atoms with Crippen LogP contribution in [0.3, 0.4) is 0 Å². The summed E-state index contributed by atoms with van der Waals surface area (Å²) >= 11 is 0. The Kier molecular flexibility index (Phi) is 5.91. The summed E-state index contributed by atoms with van der Waals surface area (Å²) in [5.74, 6) is -0.973. The van der Waals surface area contributed by atoms with Crippen LogP contribution in [0.25, 0.3) is 0 Å². The lowest BCUT2D eigenvalue weighted by Crippen LogP contribution is -2.47. The number of amides is 2. The van der Waals surface area contributed by atoms with E-state index in [1.807, 2.05) is 6.92 Å². The molecule has 6 nitrogen and oxygen atoms in total. The van der Waals surface area contributed by atoms with E-state index in [0.29, 0.717) is 19.5 Å². The number of hydrogen-bond donors (Lipinski definition) is 2. The molecule has 2 unspecified atom stereocenters. The summed E-state index contributed by atoms with van der Waals surface area (Å²) < 4.78 is 5.17. The molecule has 0 bridgehead atoms. The number of likely N-dealkylation sites (tertiary alicyclic amines) is 1. The third-order valence-electron chi connectivity index (χ3n) is 3.21. The number of nitrogens with one attached hydrogen (secondary N) is 1. The van der Waals surface area contributed by atoms with Crippen molar-refractivity contribution in [1.82, 2.24) is 10.2 Å². The van der Waals surface area contributed by atoms with E-state index in [9.17, 15) is 9.59 Å². The fourth-order valence-corrected chi connectivity index (χ4v) is 2.01. The van der Waals surface area contributed by atoms with Gasteiger partial charge in [-0.25, -0.2) is 9.59 Å². The molecule has 1 rings (SSSR count). The first-order valence-electron chi connectivity index (χ1n) is 6.39. The standard InChI is InChI=1S/C12H22N2O4/c1-3-4-5-10(11(15)16)13-12(17)14-7-6-9(8-14)18-2/h9-10H,3-8H2,1-2H3,(H,13,17)(H,15,16). The van der Waals surface area contributed by atoms with E-state index < -0.39 is 12.0 Å². The molecule has 104 valence electrons. The van der Waals surface area contributed by atoms with E-state index in [1.54, 1.807) is 12.0 Å². The highest BCUT2D eigenvalue weighted by Gasteiger charge is 2.28. The molecule has 2 atom stereocenters. The summed E-state index contributed by atoms with van der Waals surface area (Å²) in [7, 11) is 1.62. The minimum absolute atomic E-state index is 0.0645. The zero-order valence-corrected chi connectivity index (χ0v) is 11.0. The van der Waals surface area contributed by atoms with Gasteiger partial charge in [-0.2, -0.15) is 0 Å². The monoisotopic (exact) mass is 258 g/mol. The molecule has 2 amide bonds. The molecule has 1 saturated heterocycles. The largest absolute Gasteiger partial charge is 0.480 e. The summed E-state index contributed by atoms with van der Waals surface area (Å²) in [6.07, 6.45) is 3.04. The molecule has 1 aliphatic heterocycles. The second kappa shape index (κ2) is 7.20. The van der Waals surface area contributed by atoms with Gasteiger partial charge >= 0.3 is 12.0 Å². The van der Waals surface area contributed by atoms with Crippen molar-refractivity contribution in [3.8, 4) is 0 Å². The van der Waals surface area contributed by atoms with Crippen molar-refractivity contribution in [3.63, 3.8) is 0 Å². The quantitative estimate of drug-likeness (QED) is 0.746. The van der Waals surface area contributed by atoms with Crippen LogP contribution in [0.5, 0.6) is 0 Å². The summed E-state index contributed by atoms with van der Waals surface area (Å²) in [6.45, 7) is 3.14. The minimum atomic E-state index is -0.973. The number of carboxylic acids is 1. The van der Waals surface area contributed by atoms with Crippen molar-refractivity contribution in [1.29, 1.82) is 0 Å². The maximum Gasteiger partial charge on any atom is 0.326 e. The van der Waals surface area contributed by atoms with Crippen LogP contribution in [-0.2, 0) is 9.53 Å². The van der Waals surface area contributed by atoms with Crippen LogP contribution < -0.4 is 5.32 Å². The van der Waals surface area contributed by atoms with E-state index in [2.05, 4.69) is 5.32 Å². The SMILES string of the molecule is CCCCC(NC(=O)N1CCC(OC)C1)C(=O)O. The Labute approximate surface area is 107 Å². The lowest BCUT2D eigenvalue weighted by atomic mass is 10.1. The van der Waals surface area contributed by atoms with Crippen LogP contribution in [0.2, 0.25) is 0 Å². The third kappa shape index (κ3) is 4.18. The van der Waals surface area contributed by atoms with Gasteiger partial charge in [-0.05, 0) is 12.8 Å². The molecule has 1 heterocycles. The highest BCUT2D eigenvalue weighted by Crippen LogP contribution is 2.12. The number of methoxy groups -OCH3 is 1. The number of rotatable bonds is 6. The normalized spacial score (nSPS) is 20.8. The van der Waals surface area contributed by atoms with Gasteiger partial charge in [-0.1, -0.05) is 19.8 Å². The molecule has 0 radical (unpaired) electrons. The van der Waals surface area contributed by atoms with E-state index in [4.69, 9.17) is 9.84 Å². The first-order chi connectivity index (χ1) is 8.58. The fraction of sp³-hybridized carbons (Fsp3) is 0.833. The molecule has 2 N–H and O–H groups in total. The van der Waals surface area contributed by atoms with Gasteiger partial charge in [0.2, 0.25) is 0 Å². The molecular weight excluding hydrogens is 236 g/mol. The van der Waals surface area contributed by atoms with Crippen molar-refractivity contribution >= 4 is 12.0 Å². The molecule has 0 spiro atoms. The van der Waals surface area contributed by atoms with Gasteiger partial charge in [-0.15, -0.1) is 0 Å². The molecule has 1 aliphatic rings. The van der Waals surface area contributed by atoms with Crippen molar-refractivity contribution in [2.45, 2.75) is 44.8 Å². The van der Waals surface area contributed by atoms with Gasteiger partial charge in [0, 0.05) is 20.2 Å². The second-order valence-corrected chi connectivity index (χ2v) is 4.57. The summed E-state index contributed by atoms with van der Waals surface area (Å²) in [4.78, 5) is 24.5. The Morgan fingerprint density at radius 1 is 1.56 bits per heavy atom. The smallest absolute Gasteiger partial charge is 0.326 e. The van der Waals surface area contributed by atoms with Gasteiger partial charge in [0.15, 0.2) is 0 Å². The maximum absolute atomic E-state index is 11.9. The Morgan fingerprint density at radius 2 is 2.28 bits per heavy atom. The average Bonchev–Trinajstić information content (AvgIpc) is 2.82. The van der Waals surface area contributed by atoms with Gasteiger partial charge in [0.1, 0.15) is 6.04 Å². The minimum Gasteiger partial charge on any atom is -0.480 e. The first-order valence-corrected chi connectivity index (χ1v) is 6.39. The average molecular weight is 258 g/mol. The number of aliphatic carboxylic acids is 1. The Balaban J connectivity index is 2.43. The van der Waals surface area contributed by atoms with E-state index in [0.717, 1.165) is 19.3 Å². The molecule has 0 aromatic rings. The number of hydrogen-bond acceptors (Lipinski definition) is 3. The van der Waals surface area contributed by atoms with Crippen LogP contribution in [-0.4, -0.2) is 54.4 Å². The van der Waals surface area contributed by atoms with Crippen LogP contribution in [0.4, 0.5) is 4.79 Å². The summed E-state index contributed by atoms with van der Waals surface area (Å²) in [5.41, 5.74) is 0. The third-order valence-corrected chi connectivity index (χ3v) is 3.21. The zero-order valence-electron chi connectivity index (χ0n) is 11.0. The molecule has 1 fully saturated rings. The zero-order chi connectivity index (χ0) is 13.5. The number of urea groups is 1. The van der Waals surface area contributed by atoms with Crippen molar-refractivity contribution in [3.05, 3.63) is 0 Å². The highest BCUT2D eigenvalue weighted by atomic mass is 16.5. The number of nitrogens with zero attached hydrogens (tertiary/aromatic N) is 1. The summed E-state index contributed by atoms with van der Waals surface area (Å²) in [6, 6.07) is -1.10. The molecule has 0 aliphatic carbocycles. The fourth-order valence-electron chi connectivity index (χ4n) is 2.01. The predicted molar refractivity (Wildman–Crippen MR) is 66.5 cm³/mol. The predicted octanol–water partition coefficient (Wildman–Crippen LogP) is 1.06. The molecule has 18 heavy (non-hydrogen) atoms. The number of unbranched alkanes of at least 4 members (excludes halogenated alkanes) is 1. The Hall–Kier alpha value is -1.30. The van der Waals surface area contributed by atoms with Gasteiger partial charge in [0.25, 0.3) is 0 Å². The molecular formula is C12H22N2O4. The van der Waals surface area contributed by atoms with Crippen LogP contribution in [0.1, 0.15) is 32.6 Å². The molecule has 6 heteroatoms. The molecule has 0 aromatic carbocycles. The van der Waals surface area contributed by atoms with Crippen LogP contribution in [0, 0.1) is 0 Å². The highest BCUT2D eigenvalue weighted by molar-refractivity contribution is 5.82. The molecule has 0 aromatic heterocycles. The number of ether oxygens (including phenoxy) is 1. The topological polar surface area (TPSA) is 78.9 Å². The van der Waals surface area contributed by atoms with Crippen LogP contribution >= 0.6 is 0 Å². The Bertz CT molecular complexity index is 296. The summed E-state index contributed by atoms with van der Waals surface area (Å²) in [5, 5.41) is 11.6. The van der Waals surface area contributed by atoms with Crippen molar-refractivity contribution in [2.24, 2.45) is 0 Å². The van der Waals surface area contributed by atoms with E-state index in [1.165, 1.54) is 0 Å². The van der Waals surface area contributed by atoms with Crippen molar-refractivity contribution in [2.75, 3.05) is 20.2 Å². The second-order valence-electron chi connectivity index (χ2n) is 4.57. The van der Waals surface area contributed by atoms with Gasteiger partial charge in [0.05, 0.1) is 6.10 Å². The van der Waals surface area contributed by atoms with E-state index >= 15 is 0 Å².